The van der Waals surface area contributed by atoms with Gasteiger partial charge in [-0.05, 0) is 72.3 Å². The summed E-state index contributed by atoms with van der Waals surface area (Å²) in [6, 6.07) is 77.1. The maximum atomic E-state index is 16.0. The molecule has 334 valence electrons. The van der Waals surface area contributed by atoms with E-state index >= 15 is 8.78 Å². The number of benzene rings is 10. The molecule has 8 heteroatoms. The van der Waals surface area contributed by atoms with E-state index in [-0.39, 0.29) is 5.56 Å². The monoisotopic (exact) mass is 916 g/mol. The van der Waals surface area contributed by atoms with Gasteiger partial charge in [-0.1, -0.05) is 164 Å². The van der Waals surface area contributed by atoms with Crippen LogP contribution in [0.15, 0.2) is 231 Å². The first-order chi connectivity index (χ1) is 35.1. The average Bonchev–Trinajstić information content (AvgIpc) is 4.07. The van der Waals surface area contributed by atoms with Gasteiger partial charge in [0.2, 0.25) is 0 Å². The summed E-state index contributed by atoms with van der Waals surface area (Å²) in [6.45, 7) is 0. The minimum absolute atomic E-state index is 0.128. The van der Waals surface area contributed by atoms with E-state index in [0.29, 0.717) is 28.6 Å². The van der Waals surface area contributed by atoms with Gasteiger partial charge in [-0.2, -0.15) is 0 Å². The van der Waals surface area contributed by atoms with E-state index < -0.39 is 11.6 Å². The van der Waals surface area contributed by atoms with Crippen LogP contribution < -0.4 is 0 Å². The van der Waals surface area contributed by atoms with Gasteiger partial charge in [-0.3, -0.25) is 0 Å². The summed E-state index contributed by atoms with van der Waals surface area (Å²) >= 11 is 0. The predicted molar refractivity (Wildman–Crippen MR) is 285 cm³/mol. The Morgan fingerprint density at radius 2 is 0.704 bits per heavy atom. The molecule has 4 heterocycles. The molecule has 14 aromatic rings. The lowest BCUT2D eigenvalue weighted by Gasteiger charge is -2.17. The molecule has 0 amide bonds. The van der Waals surface area contributed by atoms with Crippen LogP contribution in [0, 0.1) is 11.6 Å². The number of rotatable bonds is 7. The Hall–Kier alpha value is -9.53. The van der Waals surface area contributed by atoms with Crippen molar-refractivity contribution < 1.29 is 8.78 Å². The summed E-state index contributed by atoms with van der Waals surface area (Å²) in [7, 11) is 0. The third kappa shape index (κ3) is 6.42. The smallest absolute Gasteiger partial charge is 0.166 e. The largest absolute Gasteiger partial charge is 0.309 e. The summed E-state index contributed by atoms with van der Waals surface area (Å²) in [5.74, 6) is -0.526. The second-order valence-electron chi connectivity index (χ2n) is 17.8. The Bertz CT molecular complexity index is 4100. The third-order valence-electron chi connectivity index (χ3n) is 13.9. The van der Waals surface area contributed by atoms with Crippen molar-refractivity contribution in [2.75, 3.05) is 0 Å². The lowest BCUT2D eigenvalue weighted by Crippen LogP contribution is -2.05. The number of fused-ring (bicyclic) bond motifs is 9. The van der Waals surface area contributed by atoms with Crippen molar-refractivity contribution in [3.8, 4) is 62.4 Å². The first-order valence-electron chi connectivity index (χ1n) is 23.6. The van der Waals surface area contributed by atoms with Crippen LogP contribution in [0.25, 0.3) is 128 Å². The Labute approximate surface area is 405 Å². The highest BCUT2D eigenvalue weighted by Gasteiger charge is 2.24. The van der Waals surface area contributed by atoms with Gasteiger partial charge >= 0.3 is 0 Å². The zero-order valence-electron chi connectivity index (χ0n) is 37.9. The molecule has 0 spiro atoms. The standard InChI is InChI=1S/C63H38F2N6/c64-52-25-15-24-44(60(52)65)41-30-35-57(51(36-41)63-67-61(39-16-3-1-4-17-39)66-62(68-63)40-18-5-2-6-19-40)71-58-37-42(69-53-26-11-7-20-45(53)46-21-8-12-27-54(46)69)31-33-49(58)50-34-32-43(38-59(50)71)70-55-28-13-9-22-47(55)48-23-10-14-29-56(48)70/h1-38H. The summed E-state index contributed by atoms with van der Waals surface area (Å²) in [5, 5.41) is 6.74. The van der Waals surface area contributed by atoms with Crippen molar-refractivity contribution >= 4 is 65.4 Å². The molecule has 0 aliphatic carbocycles. The summed E-state index contributed by atoms with van der Waals surface area (Å²) in [4.78, 5) is 15.5. The van der Waals surface area contributed by atoms with Crippen molar-refractivity contribution in [2.45, 2.75) is 0 Å². The minimum Gasteiger partial charge on any atom is -0.309 e. The Balaban J connectivity index is 1.11. The number of hydrogen-bond acceptors (Lipinski definition) is 3. The van der Waals surface area contributed by atoms with Gasteiger partial charge in [0.1, 0.15) is 0 Å². The molecule has 14 rings (SSSR count). The summed E-state index contributed by atoms with van der Waals surface area (Å²) in [6.07, 6.45) is 0. The summed E-state index contributed by atoms with van der Waals surface area (Å²) < 4.78 is 38.0. The third-order valence-corrected chi connectivity index (χ3v) is 13.9. The van der Waals surface area contributed by atoms with Crippen LogP contribution >= 0.6 is 0 Å². The van der Waals surface area contributed by atoms with Crippen LogP contribution in [0.5, 0.6) is 0 Å². The van der Waals surface area contributed by atoms with Gasteiger partial charge in [0.25, 0.3) is 0 Å². The lowest BCUT2D eigenvalue weighted by molar-refractivity contribution is 0.511. The van der Waals surface area contributed by atoms with Crippen molar-refractivity contribution in [3.63, 3.8) is 0 Å². The average molecular weight is 917 g/mol. The molecule has 0 aliphatic heterocycles. The molecule has 0 saturated carbocycles. The van der Waals surface area contributed by atoms with Crippen LogP contribution in [0.3, 0.4) is 0 Å². The molecule has 0 N–H and O–H groups in total. The molecule has 4 aromatic heterocycles. The molecule has 0 saturated heterocycles. The normalized spacial score (nSPS) is 11.8. The highest BCUT2D eigenvalue weighted by molar-refractivity contribution is 6.14. The van der Waals surface area contributed by atoms with Crippen molar-refractivity contribution in [2.24, 2.45) is 0 Å². The molecule has 0 radical (unpaired) electrons. The molecule has 0 fully saturated rings. The van der Waals surface area contributed by atoms with Crippen LogP contribution in [-0.4, -0.2) is 28.7 Å². The molecular formula is C63H38F2N6. The number of hydrogen-bond donors (Lipinski definition) is 0. The maximum absolute atomic E-state index is 16.0. The molecule has 6 nitrogen and oxygen atoms in total. The van der Waals surface area contributed by atoms with Gasteiger partial charge in [0.15, 0.2) is 29.1 Å². The van der Waals surface area contributed by atoms with Crippen LogP contribution in [0.1, 0.15) is 0 Å². The minimum atomic E-state index is -0.930. The summed E-state index contributed by atoms with van der Waals surface area (Å²) in [5.41, 5.74) is 11.8. The number of nitrogens with zero attached hydrogens (tertiary/aromatic N) is 6. The van der Waals surface area contributed by atoms with E-state index in [1.807, 2.05) is 78.9 Å². The maximum Gasteiger partial charge on any atom is 0.166 e. The van der Waals surface area contributed by atoms with E-state index in [0.717, 1.165) is 78.1 Å². The van der Waals surface area contributed by atoms with Crippen LogP contribution in [-0.2, 0) is 0 Å². The lowest BCUT2D eigenvalue weighted by atomic mass is 10.00. The van der Waals surface area contributed by atoms with Crippen LogP contribution in [0.4, 0.5) is 8.78 Å². The SMILES string of the molecule is Fc1cccc(-c2ccc(-n3c4cc(-n5c6ccccc6c6ccccc65)ccc4c4ccc(-n5c6ccccc6c6ccccc65)cc43)c(-c3nc(-c4ccccc4)nc(-c4ccccc4)n3)c2)c1F. The van der Waals surface area contributed by atoms with E-state index in [4.69, 9.17) is 15.0 Å². The zero-order valence-corrected chi connectivity index (χ0v) is 37.9. The molecule has 0 atom stereocenters. The number of aromatic nitrogens is 6. The van der Waals surface area contributed by atoms with Gasteiger partial charge in [-0.25, -0.2) is 23.7 Å². The second kappa shape index (κ2) is 16.0. The quantitative estimate of drug-likeness (QED) is 0.160. The van der Waals surface area contributed by atoms with E-state index in [9.17, 15) is 0 Å². The Morgan fingerprint density at radius 3 is 1.18 bits per heavy atom. The van der Waals surface area contributed by atoms with Gasteiger partial charge in [0.05, 0.1) is 38.8 Å². The van der Waals surface area contributed by atoms with Crippen molar-refractivity contribution in [1.82, 2.24) is 28.7 Å². The molecule has 0 aliphatic rings. The first-order valence-corrected chi connectivity index (χ1v) is 23.6. The van der Waals surface area contributed by atoms with Crippen LogP contribution in [0.2, 0.25) is 0 Å². The van der Waals surface area contributed by atoms with E-state index in [1.165, 1.54) is 27.6 Å². The molecule has 71 heavy (non-hydrogen) atoms. The van der Waals surface area contributed by atoms with Gasteiger partial charge < -0.3 is 13.7 Å². The van der Waals surface area contributed by atoms with E-state index in [2.05, 4.69) is 147 Å². The number of halogens is 2. The van der Waals surface area contributed by atoms with Crippen molar-refractivity contribution in [1.29, 1.82) is 0 Å². The zero-order chi connectivity index (χ0) is 47.2. The molecule has 0 unspecified atom stereocenters. The van der Waals surface area contributed by atoms with E-state index in [1.54, 1.807) is 6.07 Å². The highest BCUT2D eigenvalue weighted by Crippen LogP contribution is 2.42. The fraction of sp³-hybridized carbons (Fsp3) is 0. The fourth-order valence-corrected chi connectivity index (χ4v) is 10.7. The van der Waals surface area contributed by atoms with Gasteiger partial charge in [-0.15, -0.1) is 0 Å². The Kier molecular flexibility index (Phi) is 9.16. The molecule has 0 bridgehead atoms. The Morgan fingerprint density at radius 1 is 0.282 bits per heavy atom. The highest BCUT2D eigenvalue weighted by atomic mass is 19.2. The number of para-hydroxylation sites is 4. The van der Waals surface area contributed by atoms with Gasteiger partial charge in [0, 0.05) is 65.9 Å². The first kappa shape index (κ1) is 40.5. The van der Waals surface area contributed by atoms with Crippen molar-refractivity contribution in [3.05, 3.63) is 242 Å². The molecular weight excluding hydrogens is 879 g/mol. The topological polar surface area (TPSA) is 53.5 Å². The molecule has 10 aromatic carbocycles. The predicted octanol–water partition coefficient (Wildman–Crippen LogP) is 16.1. The second-order valence-corrected chi connectivity index (χ2v) is 17.8. The fourth-order valence-electron chi connectivity index (χ4n) is 10.7.